The number of benzene rings is 2. The van der Waals surface area contributed by atoms with Gasteiger partial charge < -0.3 is 24.3 Å². The fourth-order valence-corrected chi connectivity index (χ4v) is 4.24. The lowest BCUT2D eigenvalue weighted by Gasteiger charge is -2.19. The average molecular weight is 510 g/mol. The molecule has 0 saturated carbocycles. The zero-order valence-electron chi connectivity index (χ0n) is 22.0. The molecular weight excluding hydrogens is 474 g/mol. The number of carbonyl (C=O) groups excluding carboxylic acids is 3. The van der Waals surface area contributed by atoms with Crippen molar-refractivity contribution in [3.8, 4) is 11.5 Å². The third-order valence-corrected chi connectivity index (χ3v) is 6.36. The van der Waals surface area contributed by atoms with Crippen molar-refractivity contribution >= 4 is 17.8 Å². The molecule has 0 aromatic heterocycles. The Morgan fingerprint density at radius 1 is 1.08 bits per heavy atom. The second kappa shape index (κ2) is 13.5. The summed E-state index contributed by atoms with van der Waals surface area (Å²) in [5, 5.41) is 2.91. The highest BCUT2D eigenvalue weighted by atomic mass is 16.5. The summed E-state index contributed by atoms with van der Waals surface area (Å²) in [5.41, 5.74) is 4.80. The Kier molecular flexibility index (Phi) is 10.1. The van der Waals surface area contributed by atoms with Gasteiger partial charge in [-0.05, 0) is 44.2 Å². The fourth-order valence-electron chi connectivity index (χ4n) is 4.24. The van der Waals surface area contributed by atoms with Gasteiger partial charge in [-0.3, -0.25) is 9.59 Å². The molecule has 8 heteroatoms. The molecule has 1 aliphatic heterocycles. The number of hydrogen-bond acceptors (Lipinski definition) is 7. The molecule has 0 radical (unpaired) electrons. The van der Waals surface area contributed by atoms with Gasteiger partial charge in [-0.25, -0.2) is 4.79 Å². The molecule has 0 fully saturated rings. The Hall–Kier alpha value is -3.81. The molecule has 0 aliphatic carbocycles. The summed E-state index contributed by atoms with van der Waals surface area (Å²) in [4.78, 5) is 36.4. The summed E-state index contributed by atoms with van der Waals surface area (Å²) >= 11 is 0. The average Bonchev–Trinajstić information content (AvgIpc) is 3.30. The molecule has 1 amide bonds. The van der Waals surface area contributed by atoms with Crippen molar-refractivity contribution in [2.24, 2.45) is 0 Å². The van der Waals surface area contributed by atoms with Crippen LogP contribution >= 0.6 is 0 Å². The number of hydrogen-bond donors (Lipinski definition) is 1. The minimum Gasteiger partial charge on any atom is -0.496 e. The van der Waals surface area contributed by atoms with Crippen LogP contribution < -0.4 is 14.8 Å². The van der Waals surface area contributed by atoms with Crippen molar-refractivity contribution in [1.82, 2.24) is 5.32 Å². The molecule has 1 N–H and O–H groups in total. The summed E-state index contributed by atoms with van der Waals surface area (Å²) in [6, 6.07) is 9.72. The molecule has 2 aromatic carbocycles. The van der Waals surface area contributed by atoms with Crippen LogP contribution in [0.5, 0.6) is 11.5 Å². The first-order valence-electron chi connectivity index (χ1n) is 12.4. The summed E-state index contributed by atoms with van der Waals surface area (Å²) in [7, 11) is 2.96. The van der Waals surface area contributed by atoms with Gasteiger partial charge >= 0.3 is 11.9 Å². The van der Waals surface area contributed by atoms with Gasteiger partial charge in [-0.1, -0.05) is 42.0 Å². The van der Waals surface area contributed by atoms with Crippen LogP contribution in [0.25, 0.3) is 0 Å². The van der Waals surface area contributed by atoms with E-state index in [1.54, 1.807) is 7.11 Å². The van der Waals surface area contributed by atoms with Gasteiger partial charge in [-0.2, -0.15) is 0 Å². The molecule has 8 nitrogen and oxygen atoms in total. The number of methoxy groups -OCH3 is 2. The molecule has 1 aliphatic rings. The van der Waals surface area contributed by atoms with Crippen LogP contribution in [0.15, 0.2) is 42.0 Å². The minimum absolute atomic E-state index is 0.0667. The van der Waals surface area contributed by atoms with E-state index >= 15 is 0 Å². The molecule has 2 aromatic rings. The van der Waals surface area contributed by atoms with Crippen LogP contribution in [-0.2, 0) is 38.6 Å². The zero-order chi connectivity index (χ0) is 26.8. The maximum Gasteiger partial charge on any atom is 0.342 e. The van der Waals surface area contributed by atoms with Gasteiger partial charge in [-0.15, -0.1) is 0 Å². The monoisotopic (exact) mass is 509 g/mol. The van der Waals surface area contributed by atoms with Crippen LogP contribution in [0.3, 0.4) is 0 Å². The predicted octanol–water partition coefficient (Wildman–Crippen LogP) is 4.59. The number of amides is 1. The lowest BCUT2D eigenvalue weighted by molar-refractivity contribution is -0.140. The van der Waals surface area contributed by atoms with Gasteiger partial charge in [0.15, 0.2) is 0 Å². The van der Waals surface area contributed by atoms with E-state index in [-0.39, 0.29) is 25.1 Å². The summed E-state index contributed by atoms with van der Waals surface area (Å²) in [5.74, 6) is 0.316. The first-order valence-corrected chi connectivity index (χ1v) is 12.4. The highest BCUT2D eigenvalue weighted by Crippen LogP contribution is 2.43. The number of esters is 2. The maximum atomic E-state index is 12.6. The van der Waals surface area contributed by atoms with Crippen LogP contribution in [0.1, 0.15) is 65.2 Å². The standard InChI is InChI=1S/C29H35NO7/c1-19(13-15-25(32)34-3)12-14-22-27(35-4)20(2)23-18-37-29(33)26(23)28(22)36-16-8-11-24(31)30-17-21-9-6-5-7-10-21/h5-7,9-10,12H,8,11,13-18H2,1-4H3,(H,30,31). The lowest BCUT2D eigenvalue weighted by Crippen LogP contribution is -2.23. The molecule has 0 spiro atoms. The van der Waals surface area contributed by atoms with E-state index < -0.39 is 5.97 Å². The molecular formula is C29H35NO7. The van der Waals surface area contributed by atoms with Crippen LogP contribution in [-0.4, -0.2) is 38.7 Å². The molecule has 3 rings (SSSR count). The number of carbonyl (C=O) groups is 3. The van der Waals surface area contributed by atoms with E-state index in [1.165, 1.54) is 7.11 Å². The largest absolute Gasteiger partial charge is 0.496 e. The summed E-state index contributed by atoms with van der Waals surface area (Å²) in [6.07, 6.45) is 4.08. The summed E-state index contributed by atoms with van der Waals surface area (Å²) in [6.45, 7) is 4.74. The number of nitrogens with one attached hydrogen (secondary N) is 1. The molecule has 1 heterocycles. The number of fused-ring (bicyclic) bond motifs is 1. The van der Waals surface area contributed by atoms with Crippen molar-refractivity contribution in [2.75, 3.05) is 20.8 Å². The van der Waals surface area contributed by atoms with E-state index in [1.807, 2.05) is 50.3 Å². The van der Waals surface area contributed by atoms with E-state index in [0.717, 1.165) is 27.8 Å². The predicted molar refractivity (Wildman–Crippen MR) is 139 cm³/mol. The number of rotatable bonds is 13. The SMILES string of the molecule is COC(=O)CCC(C)=CCc1c(OC)c(C)c2c(c1OCCCC(=O)NCc1ccccc1)C(=O)OC2. The fraction of sp³-hybridized carbons (Fsp3) is 0.414. The Bertz CT molecular complexity index is 1150. The Labute approximate surface area is 217 Å². The second-order valence-corrected chi connectivity index (χ2v) is 8.94. The van der Waals surface area contributed by atoms with E-state index in [2.05, 4.69) is 5.32 Å². The van der Waals surface area contributed by atoms with Gasteiger partial charge in [0.25, 0.3) is 0 Å². The zero-order valence-corrected chi connectivity index (χ0v) is 22.0. The van der Waals surface area contributed by atoms with Crippen molar-refractivity contribution in [1.29, 1.82) is 0 Å². The van der Waals surface area contributed by atoms with Gasteiger partial charge in [0.05, 0.1) is 20.8 Å². The maximum absolute atomic E-state index is 12.6. The first-order chi connectivity index (χ1) is 17.8. The molecule has 0 unspecified atom stereocenters. The Morgan fingerprint density at radius 2 is 1.84 bits per heavy atom. The van der Waals surface area contributed by atoms with E-state index in [9.17, 15) is 14.4 Å². The second-order valence-electron chi connectivity index (χ2n) is 8.94. The van der Waals surface area contributed by atoms with Crippen molar-refractivity contribution in [2.45, 2.75) is 59.1 Å². The van der Waals surface area contributed by atoms with Crippen LogP contribution in [0.2, 0.25) is 0 Å². The molecule has 37 heavy (non-hydrogen) atoms. The van der Waals surface area contributed by atoms with E-state index in [4.69, 9.17) is 18.9 Å². The third kappa shape index (κ3) is 7.35. The molecule has 0 bridgehead atoms. The van der Waals surface area contributed by atoms with E-state index in [0.29, 0.717) is 55.7 Å². The minimum atomic E-state index is -0.427. The topological polar surface area (TPSA) is 100 Å². The third-order valence-electron chi connectivity index (χ3n) is 6.36. The Morgan fingerprint density at radius 3 is 2.54 bits per heavy atom. The van der Waals surface area contributed by atoms with Crippen molar-refractivity contribution < 1.29 is 33.3 Å². The Balaban J connectivity index is 1.71. The molecule has 198 valence electrons. The van der Waals surface area contributed by atoms with Gasteiger partial charge in [0, 0.05) is 30.5 Å². The van der Waals surface area contributed by atoms with Crippen LogP contribution in [0, 0.1) is 6.92 Å². The molecule has 0 atom stereocenters. The summed E-state index contributed by atoms with van der Waals surface area (Å²) < 4.78 is 21.9. The van der Waals surface area contributed by atoms with Crippen molar-refractivity contribution in [3.05, 3.63) is 69.8 Å². The smallest absolute Gasteiger partial charge is 0.342 e. The molecule has 0 saturated heterocycles. The normalized spacial score (nSPS) is 12.5. The number of ether oxygens (including phenoxy) is 4. The lowest BCUT2D eigenvalue weighted by atomic mass is 9.94. The van der Waals surface area contributed by atoms with Gasteiger partial charge in [0.2, 0.25) is 5.91 Å². The number of allylic oxidation sites excluding steroid dienone is 2. The van der Waals surface area contributed by atoms with Gasteiger partial charge in [0.1, 0.15) is 23.7 Å². The number of cyclic esters (lactones) is 1. The van der Waals surface area contributed by atoms with Crippen LogP contribution in [0.4, 0.5) is 0 Å². The highest BCUT2D eigenvalue weighted by Gasteiger charge is 2.33. The first kappa shape index (κ1) is 27.8. The van der Waals surface area contributed by atoms with Crippen molar-refractivity contribution in [3.63, 3.8) is 0 Å². The quantitative estimate of drug-likeness (QED) is 0.239. The highest BCUT2D eigenvalue weighted by molar-refractivity contribution is 5.98.